The van der Waals surface area contributed by atoms with Gasteiger partial charge >= 0.3 is 0 Å². The van der Waals surface area contributed by atoms with E-state index in [2.05, 4.69) is 10.6 Å². The molecule has 3 aromatic rings. The second-order valence-corrected chi connectivity index (χ2v) is 5.74. The molecular weight excluding hydrogens is 331 g/mol. The summed E-state index contributed by atoms with van der Waals surface area (Å²) in [5, 5.41) is 5.30. The molecule has 3 rings (SSSR count). The number of nitrogens with one attached hydrogen (secondary N) is 2. The first-order valence-electron chi connectivity index (χ1n) is 8.07. The summed E-state index contributed by atoms with van der Waals surface area (Å²) in [4.78, 5) is 23.8. The molecule has 0 fully saturated rings. The molecule has 0 atom stereocenters. The van der Waals surface area contributed by atoms with Gasteiger partial charge in [0.2, 0.25) is 5.91 Å². The highest BCUT2D eigenvalue weighted by atomic mass is 19.1. The summed E-state index contributed by atoms with van der Waals surface area (Å²) in [5.41, 5.74) is 2.57. The van der Waals surface area contributed by atoms with Crippen LogP contribution in [0.5, 0.6) is 0 Å². The number of anilines is 2. The summed E-state index contributed by atoms with van der Waals surface area (Å²) in [6.45, 7) is 1.35. The fourth-order valence-electron chi connectivity index (χ4n) is 2.63. The topological polar surface area (TPSA) is 58.2 Å². The zero-order valence-corrected chi connectivity index (χ0v) is 14.1. The van der Waals surface area contributed by atoms with E-state index < -0.39 is 11.7 Å². The number of benzene rings is 3. The van der Waals surface area contributed by atoms with E-state index >= 15 is 0 Å². The van der Waals surface area contributed by atoms with E-state index in [-0.39, 0.29) is 11.5 Å². The lowest BCUT2D eigenvalue weighted by molar-refractivity contribution is -0.114. The first kappa shape index (κ1) is 17.4. The molecule has 0 aliphatic rings. The van der Waals surface area contributed by atoms with Crippen LogP contribution in [0.2, 0.25) is 0 Å². The molecule has 130 valence electrons. The smallest absolute Gasteiger partial charge is 0.258 e. The van der Waals surface area contributed by atoms with Crippen LogP contribution in [0.3, 0.4) is 0 Å². The number of para-hydroxylation sites is 1. The van der Waals surface area contributed by atoms with E-state index in [1.54, 1.807) is 12.1 Å². The van der Waals surface area contributed by atoms with Gasteiger partial charge in [-0.15, -0.1) is 0 Å². The molecule has 2 N–H and O–H groups in total. The number of carbonyl (C=O) groups excluding carboxylic acids is 2. The highest BCUT2D eigenvalue weighted by Gasteiger charge is 2.15. The van der Waals surface area contributed by atoms with Gasteiger partial charge in [0.1, 0.15) is 5.82 Å². The van der Waals surface area contributed by atoms with Crippen molar-refractivity contribution in [1.82, 2.24) is 0 Å². The number of carbonyl (C=O) groups is 2. The van der Waals surface area contributed by atoms with Crippen LogP contribution < -0.4 is 10.6 Å². The lowest BCUT2D eigenvalue weighted by Gasteiger charge is -2.12. The number of halogens is 1. The summed E-state index contributed by atoms with van der Waals surface area (Å²) in [6.07, 6.45) is 0. The molecule has 0 heterocycles. The standard InChI is InChI=1S/C21H17FN2O2/c1-14(25)23-16-11-12-19(22)18(13-16)21(26)24-20-10-6-5-9-17(20)15-7-3-2-4-8-15/h2-13H,1H3,(H,23,25)(H,24,26). The van der Waals surface area contributed by atoms with E-state index in [1.165, 1.54) is 19.1 Å². The van der Waals surface area contributed by atoms with Crippen molar-refractivity contribution in [2.75, 3.05) is 10.6 Å². The van der Waals surface area contributed by atoms with Gasteiger partial charge in [-0.3, -0.25) is 9.59 Å². The quantitative estimate of drug-likeness (QED) is 0.718. The molecule has 26 heavy (non-hydrogen) atoms. The molecule has 0 saturated carbocycles. The van der Waals surface area contributed by atoms with Gasteiger partial charge in [-0.1, -0.05) is 48.5 Å². The fraction of sp³-hybridized carbons (Fsp3) is 0.0476. The molecule has 0 spiro atoms. The molecule has 2 amide bonds. The molecule has 0 radical (unpaired) electrons. The second kappa shape index (κ2) is 7.61. The minimum absolute atomic E-state index is 0.140. The normalized spacial score (nSPS) is 10.2. The molecule has 0 aliphatic heterocycles. The van der Waals surface area contributed by atoms with E-state index in [4.69, 9.17) is 0 Å². The molecule has 0 unspecified atom stereocenters. The number of amides is 2. The maximum Gasteiger partial charge on any atom is 0.258 e. The van der Waals surface area contributed by atoms with Gasteiger partial charge in [0.05, 0.1) is 5.56 Å². The van der Waals surface area contributed by atoms with Gasteiger partial charge in [0.15, 0.2) is 0 Å². The van der Waals surface area contributed by atoms with Crippen molar-refractivity contribution in [3.05, 3.63) is 84.2 Å². The largest absolute Gasteiger partial charge is 0.326 e. The lowest BCUT2D eigenvalue weighted by Crippen LogP contribution is -2.15. The van der Waals surface area contributed by atoms with Crippen LogP contribution in [0.25, 0.3) is 11.1 Å². The Morgan fingerprint density at radius 2 is 1.54 bits per heavy atom. The Labute approximate surface area is 150 Å². The van der Waals surface area contributed by atoms with E-state index in [9.17, 15) is 14.0 Å². The molecule has 0 aliphatic carbocycles. The molecule has 5 heteroatoms. The maximum absolute atomic E-state index is 14.1. The molecule has 3 aromatic carbocycles. The van der Waals surface area contributed by atoms with Crippen molar-refractivity contribution in [3.63, 3.8) is 0 Å². The molecule has 4 nitrogen and oxygen atoms in total. The predicted octanol–water partition coefficient (Wildman–Crippen LogP) is 4.70. The van der Waals surface area contributed by atoms with Crippen LogP contribution in [0.15, 0.2) is 72.8 Å². The van der Waals surface area contributed by atoms with Gasteiger partial charge in [-0.2, -0.15) is 0 Å². The Morgan fingerprint density at radius 3 is 2.27 bits per heavy atom. The van der Waals surface area contributed by atoms with Crippen LogP contribution >= 0.6 is 0 Å². The van der Waals surface area contributed by atoms with E-state index in [0.29, 0.717) is 11.4 Å². The van der Waals surface area contributed by atoms with Crippen molar-refractivity contribution >= 4 is 23.2 Å². The van der Waals surface area contributed by atoms with Gasteiger partial charge < -0.3 is 10.6 Å². The maximum atomic E-state index is 14.1. The van der Waals surface area contributed by atoms with Crippen LogP contribution in [-0.4, -0.2) is 11.8 Å². The van der Waals surface area contributed by atoms with Gasteiger partial charge in [0.25, 0.3) is 5.91 Å². The zero-order valence-electron chi connectivity index (χ0n) is 14.1. The monoisotopic (exact) mass is 348 g/mol. The number of hydrogen-bond donors (Lipinski definition) is 2. The Morgan fingerprint density at radius 1 is 0.846 bits per heavy atom. The van der Waals surface area contributed by atoms with E-state index in [1.807, 2.05) is 42.5 Å². The van der Waals surface area contributed by atoms with Gasteiger partial charge in [-0.25, -0.2) is 4.39 Å². The van der Waals surface area contributed by atoms with Crippen molar-refractivity contribution in [3.8, 4) is 11.1 Å². The first-order chi connectivity index (χ1) is 12.5. The Balaban J connectivity index is 1.91. The fourth-order valence-corrected chi connectivity index (χ4v) is 2.63. The zero-order chi connectivity index (χ0) is 18.5. The van der Waals surface area contributed by atoms with E-state index in [0.717, 1.165) is 17.2 Å². The van der Waals surface area contributed by atoms with Crippen LogP contribution in [0.1, 0.15) is 17.3 Å². The summed E-state index contributed by atoms with van der Waals surface area (Å²) in [6, 6.07) is 20.8. The predicted molar refractivity (Wildman–Crippen MR) is 101 cm³/mol. The average molecular weight is 348 g/mol. The SMILES string of the molecule is CC(=O)Nc1ccc(F)c(C(=O)Nc2ccccc2-c2ccccc2)c1. The molecule has 0 saturated heterocycles. The Bertz CT molecular complexity index is 955. The molecule has 0 aromatic heterocycles. The lowest BCUT2D eigenvalue weighted by atomic mass is 10.0. The van der Waals surface area contributed by atoms with Crippen LogP contribution in [0.4, 0.5) is 15.8 Å². The third kappa shape index (κ3) is 3.95. The summed E-state index contributed by atoms with van der Waals surface area (Å²) >= 11 is 0. The van der Waals surface area contributed by atoms with Crippen molar-refractivity contribution in [2.45, 2.75) is 6.92 Å². The Hall–Kier alpha value is -3.47. The minimum Gasteiger partial charge on any atom is -0.326 e. The summed E-state index contributed by atoms with van der Waals surface area (Å²) in [7, 11) is 0. The molecule has 0 bridgehead atoms. The number of hydrogen-bond acceptors (Lipinski definition) is 2. The molecular formula is C21H17FN2O2. The van der Waals surface area contributed by atoms with Gasteiger partial charge in [-0.05, 0) is 29.8 Å². The third-order valence-electron chi connectivity index (χ3n) is 3.79. The van der Waals surface area contributed by atoms with Crippen molar-refractivity contribution in [2.24, 2.45) is 0 Å². The highest BCUT2D eigenvalue weighted by molar-refractivity contribution is 6.07. The van der Waals surface area contributed by atoms with Crippen molar-refractivity contribution in [1.29, 1.82) is 0 Å². The number of rotatable bonds is 4. The summed E-state index contributed by atoms with van der Waals surface area (Å²) in [5.74, 6) is -1.54. The Kier molecular flexibility index (Phi) is 5.08. The third-order valence-corrected chi connectivity index (χ3v) is 3.79. The van der Waals surface area contributed by atoms with Crippen LogP contribution in [-0.2, 0) is 4.79 Å². The van der Waals surface area contributed by atoms with Gasteiger partial charge in [0, 0.05) is 23.9 Å². The first-order valence-corrected chi connectivity index (χ1v) is 8.07. The second-order valence-electron chi connectivity index (χ2n) is 5.74. The average Bonchev–Trinajstić information content (AvgIpc) is 2.64. The van der Waals surface area contributed by atoms with Crippen molar-refractivity contribution < 1.29 is 14.0 Å². The minimum atomic E-state index is -0.659. The summed E-state index contributed by atoms with van der Waals surface area (Å²) < 4.78 is 14.1. The van der Waals surface area contributed by atoms with Crippen LogP contribution in [0, 0.1) is 5.82 Å². The highest BCUT2D eigenvalue weighted by Crippen LogP contribution is 2.28.